The summed E-state index contributed by atoms with van der Waals surface area (Å²) in [6, 6.07) is 8.70. The fourth-order valence-electron chi connectivity index (χ4n) is 2.43. The van der Waals surface area contributed by atoms with Crippen molar-refractivity contribution in [3.8, 4) is 0 Å². The highest BCUT2D eigenvalue weighted by Crippen LogP contribution is 2.30. The third kappa shape index (κ3) is 2.60. The Hall–Kier alpha value is -1.24. The van der Waals surface area contributed by atoms with E-state index >= 15 is 0 Å². The van der Waals surface area contributed by atoms with Crippen LogP contribution in [0, 0.1) is 11.3 Å². The van der Waals surface area contributed by atoms with Crippen molar-refractivity contribution >= 4 is 10.9 Å². The van der Waals surface area contributed by atoms with Crippen LogP contribution < -0.4 is 0 Å². The highest BCUT2D eigenvalue weighted by atomic mass is 14.9. The molecule has 0 saturated carbocycles. The largest absolute Gasteiger partial charge is 0.350 e. The minimum Gasteiger partial charge on any atom is -0.350 e. The lowest BCUT2D eigenvalue weighted by molar-refractivity contribution is 0.247. The van der Waals surface area contributed by atoms with Crippen molar-refractivity contribution in [3.05, 3.63) is 36.0 Å². The molecule has 0 N–H and O–H groups in total. The van der Waals surface area contributed by atoms with E-state index < -0.39 is 0 Å². The molecule has 18 heavy (non-hydrogen) atoms. The van der Waals surface area contributed by atoms with Gasteiger partial charge in [0, 0.05) is 24.1 Å². The molecule has 0 fully saturated rings. The Balaban J connectivity index is 2.18. The molecular weight excluding hydrogens is 218 g/mol. The lowest BCUT2D eigenvalue weighted by atomic mass is 9.79. The monoisotopic (exact) mass is 243 g/mol. The van der Waals surface area contributed by atoms with Gasteiger partial charge in [-0.15, -0.1) is 0 Å². The van der Waals surface area contributed by atoms with Gasteiger partial charge in [-0.1, -0.05) is 45.9 Å². The van der Waals surface area contributed by atoms with E-state index in [1.54, 1.807) is 0 Å². The zero-order chi connectivity index (χ0) is 13.3. The van der Waals surface area contributed by atoms with Gasteiger partial charge in [0.05, 0.1) is 0 Å². The van der Waals surface area contributed by atoms with Crippen LogP contribution >= 0.6 is 0 Å². The molecule has 2 rings (SSSR count). The molecule has 0 aliphatic rings. The molecule has 1 aromatic carbocycles. The number of fused-ring (bicyclic) bond motifs is 1. The van der Waals surface area contributed by atoms with Crippen LogP contribution in [0.5, 0.6) is 0 Å². The molecule has 0 aliphatic carbocycles. The van der Waals surface area contributed by atoms with Crippen molar-refractivity contribution in [3.63, 3.8) is 0 Å². The summed E-state index contributed by atoms with van der Waals surface area (Å²) in [5.74, 6) is 0.747. The number of para-hydroxylation sites is 1. The van der Waals surface area contributed by atoms with Crippen LogP contribution in [0.3, 0.4) is 0 Å². The minimum absolute atomic E-state index is 0.407. The van der Waals surface area contributed by atoms with Crippen molar-refractivity contribution in [1.29, 1.82) is 0 Å². The number of rotatable bonds is 3. The summed E-state index contributed by atoms with van der Waals surface area (Å²) in [4.78, 5) is 0. The molecule has 0 amide bonds. The fraction of sp³-hybridized carbons (Fsp3) is 0.529. The summed E-state index contributed by atoms with van der Waals surface area (Å²) >= 11 is 0. The lowest BCUT2D eigenvalue weighted by Gasteiger charge is -2.27. The van der Waals surface area contributed by atoms with Crippen LogP contribution in [-0.2, 0) is 13.5 Å². The number of aromatic nitrogens is 1. The first-order valence-corrected chi connectivity index (χ1v) is 6.92. The van der Waals surface area contributed by atoms with Gasteiger partial charge >= 0.3 is 0 Å². The van der Waals surface area contributed by atoms with E-state index in [0.717, 1.165) is 5.92 Å². The Bertz CT molecular complexity index is 528. The minimum atomic E-state index is 0.407. The van der Waals surface area contributed by atoms with Gasteiger partial charge < -0.3 is 4.57 Å². The van der Waals surface area contributed by atoms with Gasteiger partial charge in [0.15, 0.2) is 0 Å². The molecule has 98 valence electrons. The molecule has 0 saturated heterocycles. The van der Waals surface area contributed by atoms with Crippen molar-refractivity contribution in [1.82, 2.24) is 4.57 Å². The van der Waals surface area contributed by atoms with Gasteiger partial charge in [-0.05, 0) is 35.8 Å². The molecular formula is C17H25N. The second-order valence-corrected chi connectivity index (χ2v) is 6.59. The van der Waals surface area contributed by atoms with E-state index in [4.69, 9.17) is 0 Å². The Morgan fingerprint density at radius 1 is 1.17 bits per heavy atom. The first-order chi connectivity index (χ1) is 8.39. The Kier molecular flexibility index (Phi) is 3.52. The van der Waals surface area contributed by atoms with Gasteiger partial charge in [0.1, 0.15) is 0 Å². The molecule has 1 unspecified atom stereocenters. The number of aryl methyl sites for hydroxylation is 2. The van der Waals surface area contributed by atoms with E-state index in [-0.39, 0.29) is 0 Å². The van der Waals surface area contributed by atoms with Crippen molar-refractivity contribution in [2.75, 3.05) is 0 Å². The van der Waals surface area contributed by atoms with E-state index in [1.807, 2.05) is 0 Å². The van der Waals surface area contributed by atoms with Gasteiger partial charge in [0.25, 0.3) is 0 Å². The molecule has 2 aromatic rings. The SMILES string of the molecule is CC(CCc1cn(C)c2ccccc12)C(C)(C)C. The van der Waals surface area contributed by atoms with E-state index in [2.05, 4.69) is 69.8 Å². The number of benzene rings is 1. The standard InChI is InChI=1S/C17H25N/c1-13(17(2,3)4)10-11-14-12-18(5)16-9-7-6-8-15(14)16/h6-9,12-13H,10-11H2,1-5H3. The summed E-state index contributed by atoms with van der Waals surface area (Å²) in [6.45, 7) is 9.37. The summed E-state index contributed by atoms with van der Waals surface area (Å²) < 4.78 is 2.24. The van der Waals surface area contributed by atoms with Gasteiger partial charge in [-0.25, -0.2) is 0 Å². The number of nitrogens with zero attached hydrogens (tertiary/aromatic N) is 1. The topological polar surface area (TPSA) is 4.93 Å². The first-order valence-electron chi connectivity index (χ1n) is 6.92. The highest BCUT2D eigenvalue weighted by molar-refractivity contribution is 5.83. The molecule has 1 heteroatoms. The molecule has 1 heterocycles. The first kappa shape index (κ1) is 13.2. The third-order valence-electron chi connectivity index (χ3n) is 4.30. The average Bonchev–Trinajstić information content (AvgIpc) is 2.63. The lowest BCUT2D eigenvalue weighted by Crippen LogP contribution is -2.17. The predicted octanol–water partition coefficient (Wildman–Crippen LogP) is 4.79. The van der Waals surface area contributed by atoms with E-state index in [9.17, 15) is 0 Å². The normalized spacial score (nSPS) is 14.1. The van der Waals surface area contributed by atoms with E-state index in [0.29, 0.717) is 5.41 Å². The number of hydrogen-bond donors (Lipinski definition) is 0. The number of hydrogen-bond acceptors (Lipinski definition) is 0. The third-order valence-corrected chi connectivity index (χ3v) is 4.30. The zero-order valence-electron chi connectivity index (χ0n) is 12.3. The summed E-state index contributed by atoms with van der Waals surface area (Å²) in [7, 11) is 2.14. The maximum atomic E-state index is 2.37. The second-order valence-electron chi connectivity index (χ2n) is 6.59. The van der Waals surface area contributed by atoms with Crippen molar-refractivity contribution < 1.29 is 0 Å². The van der Waals surface area contributed by atoms with Gasteiger partial charge in [-0.2, -0.15) is 0 Å². The van der Waals surface area contributed by atoms with Gasteiger partial charge in [0.2, 0.25) is 0 Å². The molecule has 0 radical (unpaired) electrons. The van der Waals surface area contributed by atoms with E-state index in [1.165, 1.54) is 29.3 Å². The van der Waals surface area contributed by atoms with Gasteiger partial charge in [-0.3, -0.25) is 0 Å². The predicted molar refractivity (Wildman–Crippen MR) is 79.9 cm³/mol. The Morgan fingerprint density at radius 2 is 1.83 bits per heavy atom. The highest BCUT2D eigenvalue weighted by Gasteiger charge is 2.20. The molecule has 0 bridgehead atoms. The maximum Gasteiger partial charge on any atom is 0.0480 e. The molecule has 1 aromatic heterocycles. The molecule has 1 nitrogen and oxygen atoms in total. The van der Waals surface area contributed by atoms with Crippen LogP contribution in [0.15, 0.2) is 30.5 Å². The Morgan fingerprint density at radius 3 is 2.50 bits per heavy atom. The van der Waals surface area contributed by atoms with Crippen molar-refractivity contribution in [2.24, 2.45) is 18.4 Å². The van der Waals surface area contributed by atoms with Crippen LogP contribution in [-0.4, -0.2) is 4.57 Å². The summed E-state index contributed by atoms with van der Waals surface area (Å²) in [6.07, 6.45) is 4.73. The summed E-state index contributed by atoms with van der Waals surface area (Å²) in [5, 5.41) is 1.42. The molecule has 0 aliphatic heterocycles. The summed E-state index contributed by atoms with van der Waals surface area (Å²) in [5.41, 5.74) is 3.24. The smallest absolute Gasteiger partial charge is 0.0480 e. The van der Waals surface area contributed by atoms with Crippen LogP contribution in [0.4, 0.5) is 0 Å². The quantitative estimate of drug-likeness (QED) is 0.730. The second kappa shape index (κ2) is 4.79. The average molecular weight is 243 g/mol. The van der Waals surface area contributed by atoms with Crippen LogP contribution in [0.1, 0.15) is 39.7 Å². The van der Waals surface area contributed by atoms with Crippen molar-refractivity contribution in [2.45, 2.75) is 40.5 Å². The van der Waals surface area contributed by atoms with Crippen LogP contribution in [0.25, 0.3) is 10.9 Å². The molecule has 1 atom stereocenters. The maximum absolute atomic E-state index is 2.37. The van der Waals surface area contributed by atoms with Crippen LogP contribution in [0.2, 0.25) is 0 Å². The Labute approximate surface area is 111 Å². The fourth-order valence-corrected chi connectivity index (χ4v) is 2.43. The molecule has 0 spiro atoms. The zero-order valence-corrected chi connectivity index (χ0v) is 12.3.